The first kappa shape index (κ1) is 23.1. The Hall–Kier alpha value is -2.61. The fourth-order valence-corrected chi connectivity index (χ4v) is 4.41. The third kappa shape index (κ3) is 5.97. The Balaban J connectivity index is 1.67. The average molecular weight is 446 g/mol. The van der Waals surface area contributed by atoms with E-state index in [2.05, 4.69) is 18.8 Å². The van der Waals surface area contributed by atoms with Crippen molar-refractivity contribution in [3.63, 3.8) is 0 Å². The number of rotatable bonds is 11. The second kappa shape index (κ2) is 11.1. The summed E-state index contributed by atoms with van der Waals surface area (Å²) in [5.74, 6) is 1.53. The molecule has 1 fully saturated rings. The first-order valence-corrected chi connectivity index (χ1v) is 11.8. The lowest BCUT2D eigenvalue weighted by Gasteiger charge is -2.22. The zero-order valence-electron chi connectivity index (χ0n) is 18.6. The molecule has 0 unspecified atom stereocenters. The van der Waals surface area contributed by atoms with Crippen molar-refractivity contribution < 1.29 is 19.1 Å². The second-order valence-corrected chi connectivity index (χ2v) is 8.43. The molecule has 1 aromatic heterocycles. The molecule has 2 heterocycles. The molecule has 0 bridgehead atoms. The van der Waals surface area contributed by atoms with Gasteiger partial charge < -0.3 is 14.4 Å². The van der Waals surface area contributed by atoms with Crippen molar-refractivity contribution in [2.24, 2.45) is 0 Å². The highest BCUT2D eigenvalue weighted by molar-refractivity contribution is 7.14. The highest BCUT2D eigenvalue weighted by Crippen LogP contribution is 2.29. The Bertz CT molecular complexity index is 899. The number of anilines is 1. The van der Waals surface area contributed by atoms with E-state index in [1.54, 1.807) is 12.0 Å². The van der Waals surface area contributed by atoms with Crippen LogP contribution in [0.25, 0.3) is 0 Å². The SMILES string of the molecule is CCCOc1ccc(CN(CCC)C(=O)Cc2csc(N3CCCC3=O)n2)cc1OC. The molecule has 3 rings (SSSR count). The smallest absolute Gasteiger partial charge is 0.228 e. The van der Waals surface area contributed by atoms with E-state index in [-0.39, 0.29) is 18.2 Å². The van der Waals surface area contributed by atoms with Crippen LogP contribution in [0, 0.1) is 0 Å². The lowest BCUT2D eigenvalue weighted by molar-refractivity contribution is -0.131. The van der Waals surface area contributed by atoms with Crippen molar-refractivity contribution in [1.82, 2.24) is 9.88 Å². The number of nitrogens with zero attached hydrogens (tertiary/aromatic N) is 3. The van der Waals surface area contributed by atoms with Crippen LogP contribution in [0.15, 0.2) is 23.6 Å². The van der Waals surface area contributed by atoms with Crippen molar-refractivity contribution in [3.05, 3.63) is 34.8 Å². The van der Waals surface area contributed by atoms with Crippen LogP contribution in [-0.4, -0.2) is 48.5 Å². The molecule has 0 saturated carbocycles. The fraction of sp³-hybridized carbons (Fsp3) is 0.522. The van der Waals surface area contributed by atoms with Gasteiger partial charge in [-0.05, 0) is 37.0 Å². The van der Waals surface area contributed by atoms with Crippen LogP contribution in [-0.2, 0) is 22.6 Å². The highest BCUT2D eigenvalue weighted by atomic mass is 32.1. The molecule has 2 amide bonds. The number of thiazole rings is 1. The number of hydrogen-bond acceptors (Lipinski definition) is 6. The molecule has 1 aromatic carbocycles. The summed E-state index contributed by atoms with van der Waals surface area (Å²) in [4.78, 5) is 33.1. The Morgan fingerprint density at radius 3 is 2.77 bits per heavy atom. The van der Waals surface area contributed by atoms with Gasteiger partial charge in [0.15, 0.2) is 16.6 Å². The normalized spacial score (nSPS) is 13.5. The van der Waals surface area contributed by atoms with E-state index in [0.29, 0.717) is 55.0 Å². The van der Waals surface area contributed by atoms with Crippen molar-refractivity contribution in [3.8, 4) is 11.5 Å². The first-order valence-electron chi connectivity index (χ1n) is 10.9. The van der Waals surface area contributed by atoms with Crippen molar-refractivity contribution in [1.29, 1.82) is 0 Å². The number of aromatic nitrogens is 1. The molecule has 0 radical (unpaired) electrons. The standard InChI is InChI=1S/C23H31N3O4S/c1-4-10-25(15-17-8-9-19(30-12-5-2)20(13-17)29-3)22(28)14-18-16-31-23(24-18)26-11-6-7-21(26)27/h8-9,13,16H,4-7,10-12,14-15H2,1-3H3. The van der Waals surface area contributed by atoms with Crippen molar-refractivity contribution in [2.45, 2.75) is 52.5 Å². The number of hydrogen-bond donors (Lipinski definition) is 0. The molecular weight excluding hydrogens is 414 g/mol. The Morgan fingerprint density at radius 1 is 1.26 bits per heavy atom. The van der Waals surface area contributed by atoms with Crippen molar-refractivity contribution in [2.75, 3.05) is 31.7 Å². The van der Waals surface area contributed by atoms with Gasteiger partial charge in [-0.15, -0.1) is 11.3 Å². The lowest BCUT2D eigenvalue weighted by Crippen LogP contribution is -2.32. The summed E-state index contributed by atoms with van der Waals surface area (Å²) in [6.45, 7) is 6.62. The lowest BCUT2D eigenvalue weighted by atomic mass is 10.1. The topological polar surface area (TPSA) is 72.0 Å². The maximum atomic E-state index is 13.0. The maximum Gasteiger partial charge on any atom is 0.228 e. The van der Waals surface area contributed by atoms with Crippen LogP contribution >= 0.6 is 11.3 Å². The summed E-state index contributed by atoms with van der Waals surface area (Å²) >= 11 is 1.43. The van der Waals surface area contributed by atoms with Gasteiger partial charge in [-0.25, -0.2) is 4.98 Å². The quantitative estimate of drug-likeness (QED) is 0.522. The molecule has 31 heavy (non-hydrogen) atoms. The van der Waals surface area contributed by atoms with Gasteiger partial charge >= 0.3 is 0 Å². The molecular formula is C23H31N3O4S. The predicted octanol–water partition coefficient (Wildman–Crippen LogP) is 4.05. The second-order valence-electron chi connectivity index (χ2n) is 7.60. The number of ether oxygens (including phenoxy) is 2. The number of methoxy groups -OCH3 is 1. The van der Waals surface area contributed by atoms with E-state index in [0.717, 1.165) is 24.8 Å². The summed E-state index contributed by atoms with van der Waals surface area (Å²) in [6.07, 6.45) is 3.46. The molecule has 0 N–H and O–H groups in total. The third-order valence-electron chi connectivity index (χ3n) is 5.09. The van der Waals surface area contributed by atoms with Gasteiger partial charge in [0.2, 0.25) is 11.8 Å². The summed E-state index contributed by atoms with van der Waals surface area (Å²) in [6, 6.07) is 5.81. The van der Waals surface area contributed by atoms with Gasteiger partial charge in [-0.3, -0.25) is 14.5 Å². The summed E-state index contributed by atoms with van der Waals surface area (Å²) < 4.78 is 11.2. The molecule has 1 saturated heterocycles. The van der Waals surface area contributed by atoms with Crippen LogP contribution in [0.4, 0.5) is 5.13 Å². The highest BCUT2D eigenvalue weighted by Gasteiger charge is 2.25. The molecule has 0 aliphatic carbocycles. The van der Waals surface area contributed by atoms with Gasteiger partial charge in [0, 0.05) is 31.4 Å². The summed E-state index contributed by atoms with van der Waals surface area (Å²) in [7, 11) is 1.62. The number of benzene rings is 1. The van der Waals surface area contributed by atoms with E-state index < -0.39 is 0 Å². The van der Waals surface area contributed by atoms with Gasteiger partial charge in [0.1, 0.15) is 0 Å². The summed E-state index contributed by atoms with van der Waals surface area (Å²) in [5.41, 5.74) is 1.70. The average Bonchev–Trinajstić information content (AvgIpc) is 3.40. The molecule has 168 valence electrons. The summed E-state index contributed by atoms with van der Waals surface area (Å²) in [5, 5.41) is 2.58. The van der Waals surface area contributed by atoms with Gasteiger partial charge in [0.05, 0.1) is 25.8 Å². The molecule has 2 aromatic rings. The Kier molecular flexibility index (Phi) is 8.28. The van der Waals surface area contributed by atoms with E-state index >= 15 is 0 Å². The molecule has 1 aliphatic rings. The minimum absolute atomic E-state index is 0.0247. The fourth-order valence-electron chi connectivity index (χ4n) is 3.54. The van der Waals surface area contributed by atoms with E-state index in [1.807, 2.05) is 28.5 Å². The molecule has 1 aliphatic heterocycles. The number of carbonyl (C=O) groups excluding carboxylic acids is 2. The largest absolute Gasteiger partial charge is 0.493 e. The van der Waals surface area contributed by atoms with E-state index in [9.17, 15) is 9.59 Å². The van der Waals surface area contributed by atoms with Crippen LogP contribution in [0.5, 0.6) is 11.5 Å². The monoisotopic (exact) mass is 445 g/mol. The van der Waals surface area contributed by atoms with Gasteiger partial charge in [-0.1, -0.05) is 19.9 Å². The van der Waals surface area contributed by atoms with Gasteiger partial charge in [0.25, 0.3) is 0 Å². The third-order valence-corrected chi connectivity index (χ3v) is 6.00. The van der Waals surface area contributed by atoms with E-state index in [4.69, 9.17) is 9.47 Å². The van der Waals surface area contributed by atoms with Crippen LogP contribution in [0.2, 0.25) is 0 Å². The molecule has 0 spiro atoms. The van der Waals surface area contributed by atoms with Crippen LogP contribution in [0.3, 0.4) is 0 Å². The zero-order valence-corrected chi connectivity index (χ0v) is 19.4. The zero-order chi connectivity index (χ0) is 22.2. The predicted molar refractivity (Wildman–Crippen MR) is 122 cm³/mol. The number of carbonyl (C=O) groups is 2. The Morgan fingerprint density at radius 2 is 2.10 bits per heavy atom. The minimum Gasteiger partial charge on any atom is -0.493 e. The molecule has 8 heteroatoms. The Labute approximate surface area is 188 Å². The first-order chi connectivity index (χ1) is 15.0. The molecule has 0 atom stereocenters. The molecule has 7 nitrogen and oxygen atoms in total. The van der Waals surface area contributed by atoms with Crippen LogP contribution < -0.4 is 14.4 Å². The van der Waals surface area contributed by atoms with Gasteiger partial charge in [-0.2, -0.15) is 0 Å². The van der Waals surface area contributed by atoms with E-state index in [1.165, 1.54) is 11.3 Å². The number of amides is 2. The minimum atomic E-state index is 0.0247. The van der Waals surface area contributed by atoms with Crippen LogP contribution in [0.1, 0.15) is 50.8 Å². The van der Waals surface area contributed by atoms with Crippen molar-refractivity contribution >= 4 is 28.3 Å². The maximum absolute atomic E-state index is 13.0.